The van der Waals surface area contributed by atoms with E-state index in [2.05, 4.69) is 5.10 Å². The van der Waals surface area contributed by atoms with E-state index >= 15 is 0 Å². The van der Waals surface area contributed by atoms with Crippen LogP contribution in [0.15, 0.2) is 12.1 Å². The molecule has 5 nitrogen and oxygen atoms in total. The monoisotopic (exact) mass is 365 g/mol. The fourth-order valence-electron chi connectivity index (χ4n) is 2.16. The fourth-order valence-corrected chi connectivity index (χ4v) is 2.52. The minimum atomic E-state index is -4.75. The molecule has 0 bridgehead atoms. The van der Waals surface area contributed by atoms with Gasteiger partial charge in [-0.3, -0.25) is 0 Å². The van der Waals surface area contributed by atoms with Crippen molar-refractivity contribution in [1.82, 2.24) is 9.78 Å². The van der Waals surface area contributed by atoms with Gasteiger partial charge in [0.1, 0.15) is 0 Å². The van der Waals surface area contributed by atoms with Gasteiger partial charge in [-0.05, 0) is 25.0 Å². The van der Waals surface area contributed by atoms with Gasteiger partial charge in [-0.15, -0.1) is 5.10 Å². The predicted octanol–water partition coefficient (Wildman–Crippen LogP) is 4.28. The molecule has 0 saturated heterocycles. The van der Waals surface area contributed by atoms with Crippen LogP contribution in [-0.4, -0.2) is 15.8 Å². The summed E-state index contributed by atoms with van der Waals surface area (Å²) in [6.45, 7) is 2.94. The molecular formula is C14H12ClF4N3O2. The van der Waals surface area contributed by atoms with Gasteiger partial charge in [0.2, 0.25) is 5.88 Å². The molecular weight excluding hydrogens is 354 g/mol. The molecule has 0 saturated carbocycles. The van der Waals surface area contributed by atoms with Crippen LogP contribution < -0.4 is 10.5 Å². The second kappa shape index (κ2) is 6.31. The maximum Gasteiger partial charge on any atom is 0.416 e. The van der Waals surface area contributed by atoms with Crippen LogP contribution in [0.2, 0.25) is 5.02 Å². The zero-order valence-corrected chi connectivity index (χ0v) is 13.3. The lowest BCUT2D eigenvalue weighted by atomic mass is 10.0. The highest BCUT2D eigenvalue weighted by molar-refractivity contribution is 6.33. The Morgan fingerprint density at radius 3 is 2.50 bits per heavy atom. The molecule has 0 aliphatic heterocycles. The average molecular weight is 366 g/mol. The number of carbonyl (C=O) groups is 1. The summed E-state index contributed by atoms with van der Waals surface area (Å²) in [5.74, 6) is -2.12. The lowest BCUT2D eigenvalue weighted by Gasteiger charge is -2.16. The van der Waals surface area contributed by atoms with Crippen molar-refractivity contribution in [2.45, 2.75) is 26.4 Å². The van der Waals surface area contributed by atoms with E-state index in [-0.39, 0.29) is 17.9 Å². The van der Waals surface area contributed by atoms with Crippen molar-refractivity contribution in [3.8, 4) is 11.6 Å². The summed E-state index contributed by atoms with van der Waals surface area (Å²) in [5, 5.41) is 3.18. The van der Waals surface area contributed by atoms with Gasteiger partial charge in [-0.25, -0.2) is 9.18 Å². The number of amides is 1. The Bertz CT molecular complexity index is 802. The van der Waals surface area contributed by atoms with Crippen LogP contribution in [0, 0.1) is 12.7 Å². The molecule has 0 aliphatic carbocycles. The molecule has 2 rings (SSSR count). The first-order valence-electron chi connectivity index (χ1n) is 6.68. The number of nitrogens with two attached hydrogens (primary N) is 1. The number of alkyl halides is 3. The van der Waals surface area contributed by atoms with Gasteiger partial charge in [0.25, 0.3) is 0 Å². The van der Waals surface area contributed by atoms with Gasteiger partial charge in [0, 0.05) is 6.07 Å². The first-order valence-corrected chi connectivity index (χ1v) is 7.06. The molecule has 1 amide bonds. The van der Waals surface area contributed by atoms with Gasteiger partial charge in [0.05, 0.1) is 16.3 Å². The van der Waals surface area contributed by atoms with Gasteiger partial charge in [-0.1, -0.05) is 18.5 Å². The third kappa shape index (κ3) is 3.30. The first-order chi connectivity index (χ1) is 11.1. The molecule has 1 aromatic heterocycles. The van der Waals surface area contributed by atoms with E-state index < -0.39 is 34.4 Å². The standard InChI is InChI=1S/C14H12ClF4N3O2/c1-3-7-8(14(17,18)19)5-9(16)12(11(7)15)24-10-4-6(2)22(21-10)13(20)23/h4-5H,3H2,1-2H3,(H2,20,23). The van der Waals surface area contributed by atoms with E-state index in [1.807, 2.05) is 0 Å². The zero-order chi connectivity index (χ0) is 18.2. The molecule has 0 radical (unpaired) electrons. The average Bonchev–Trinajstić information content (AvgIpc) is 2.83. The third-order valence-electron chi connectivity index (χ3n) is 3.22. The second-order valence-corrected chi connectivity index (χ2v) is 5.23. The largest absolute Gasteiger partial charge is 0.433 e. The molecule has 0 aliphatic rings. The predicted molar refractivity (Wildman–Crippen MR) is 77.8 cm³/mol. The van der Waals surface area contributed by atoms with Gasteiger partial charge in [0.15, 0.2) is 11.6 Å². The molecule has 0 unspecified atom stereocenters. The summed E-state index contributed by atoms with van der Waals surface area (Å²) in [6.07, 6.45) is -4.84. The van der Waals surface area contributed by atoms with Crippen LogP contribution >= 0.6 is 11.6 Å². The topological polar surface area (TPSA) is 70.1 Å². The number of benzene rings is 1. The number of aromatic nitrogens is 2. The van der Waals surface area contributed by atoms with E-state index in [9.17, 15) is 22.4 Å². The quantitative estimate of drug-likeness (QED) is 0.825. The number of carbonyl (C=O) groups excluding carboxylic acids is 1. The fraction of sp³-hybridized carbons (Fsp3) is 0.286. The number of aryl methyl sites for hydroxylation is 1. The Labute approximate surface area is 139 Å². The third-order valence-corrected chi connectivity index (χ3v) is 3.62. The molecule has 1 heterocycles. The molecule has 24 heavy (non-hydrogen) atoms. The number of hydrogen-bond acceptors (Lipinski definition) is 3. The zero-order valence-electron chi connectivity index (χ0n) is 12.5. The van der Waals surface area contributed by atoms with Gasteiger partial charge in [-0.2, -0.15) is 17.9 Å². The SMILES string of the molecule is CCc1c(C(F)(F)F)cc(F)c(Oc2cc(C)n(C(N)=O)n2)c1Cl. The minimum Gasteiger partial charge on any atom is -0.433 e. The highest BCUT2D eigenvalue weighted by atomic mass is 35.5. The molecule has 0 spiro atoms. The van der Waals surface area contributed by atoms with Crippen LogP contribution in [0.25, 0.3) is 0 Å². The van der Waals surface area contributed by atoms with Crippen LogP contribution in [0.5, 0.6) is 11.6 Å². The lowest BCUT2D eigenvalue weighted by Crippen LogP contribution is -2.21. The maximum absolute atomic E-state index is 14.1. The van der Waals surface area contributed by atoms with Crippen molar-refractivity contribution in [2.24, 2.45) is 5.73 Å². The van der Waals surface area contributed by atoms with E-state index in [1.165, 1.54) is 19.9 Å². The first kappa shape index (κ1) is 18.1. The van der Waals surface area contributed by atoms with Crippen molar-refractivity contribution >= 4 is 17.6 Å². The van der Waals surface area contributed by atoms with Gasteiger partial charge >= 0.3 is 12.2 Å². The van der Waals surface area contributed by atoms with Crippen LogP contribution in [0.3, 0.4) is 0 Å². The highest BCUT2D eigenvalue weighted by Crippen LogP contribution is 2.42. The second-order valence-electron chi connectivity index (χ2n) is 4.85. The van der Waals surface area contributed by atoms with Crippen LogP contribution in [0.4, 0.5) is 22.4 Å². The Hall–Kier alpha value is -2.29. The van der Waals surface area contributed by atoms with Crippen LogP contribution in [-0.2, 0) is 12.6 Å². The Kier molecular flexibility index (Phi) is 4.75. The van der Waals surface area contributed by atoms with Gasteiger partial charge < -0.3 is 10.5 Å². The van der Waals surface area contributed by atoms with Crippen molar-refractivity contribution in [2.75, 3.05) is 0 Å². The molecule has 0 atom stereocenters. The van der Waals surface area contributed by atoms with Crippen molar-refractivity contribution < 1.29 is 27.1 Å². The summed E-state index contributed by atoms with van der Waals surface area (Å²) in [4.78, 5) is 11.1. The molecule has 0 fully saturated rings. The molecule has 2 N–H and O–H groups in total. The van der Waals surface area contributed by atoms with Crippen molar-refractivity contribution in [1.29, 1.82) is 0 Å². The lowest BCUT2D eigenvalue weighted by molar-refractivity contribution is -0.138. The van der Waals surface area contributed by atoms with E-state index in [1.54, 1.807) is 0 Å². The summed E-state index contributed by atoms with van der Waals surface area (Å²) in [7, 11) is 0. The Morgan fingerprint density at radius 2 is 2.04 bits per heavy atom. The number of ether oxygens (including phenoxy) is 1. The van der Waals surface area contributed by atoms with Crippen molar-refractivity contribution in [3.05, 3.63) is 39.8 Å². The maximum atomic E-state index is 14.1. The molecule has 1 aromatic carbocycles. The van der Waals surface area contributed by atoms with Crippen molar-refractivity contribution in [3.63, 3.8) is 0 Å². The van der Waals surface area contributed by atoms with E-state index in [0.717, 1.165) is 4.68 Å². The molecule has 2 aromatic rings. The number of nitrogens with zero attached hydrogens (tertiary/aromatic N) is 2. The molecule has 10 heteroatoms. The smallest absolute Gasteiger partial charge is 0.416 e. The van der Waals surface area contributed by atoms with E-state index in [0.29, 0.717) is 11.8 Å². The summed E-state index contributed by atoms with van der Waals surface area (Å²) < 4.78 is 58.9. The highest BCUT2D eigenvalue weighted by Gasteiger charge is 2.36. The minimum absolute atomic E-state index is 0.0843. The Balaban J connectivity index is 2.52. The Morgan fingerprint density at radius 1 is 1.42 bits per heavy atom. The summed E-state index contributed by atoms with van der Waals surface area (Å²) in [5.41, 5.74) is 3.91. The van der Waals surface area contributed by atoms with Crippen LogP contribution in [0.1, 0.15) is 23.7 Å². The number of primary amides is 1. The summed E-state index contributed by atoms with van der Waals surface area (Å²) in [6, 6.07) is 0.692. The molecule has 130 valence electrons. The normalized spacial score (nSPS) is 11.6. The summed E-state index contributed by atoms with van der Waals surface area (Å²) >= 11 is 5.89. The number of halogens is 5. The van der Waals surface area contributed by atoms with E-state index in [4.69, 9.17) is 22.1 Å². The number of rotatable bonds is 3. The number of hydrogen-bond donors (Lipinski definition) is 1.